The molecule has 0 bridgehead atoms. The van der Waals surface area contributed by atoms with Crippen molar-refractivity contribution in [2.75, 3.05) is 19.0 Å². The van der Waals surface area contributed by atoms with Crippen molar-refractivity contribution in [3.63, 3.8) is 0 Å². The number of aliphatic hydroxyl groups is 1. The maximum absolute atomic E-state index is 12.1. The van der Waals surface area contributed by atoms with Crippen molar-refractivity contribution >= 4 is 11.7 Å². The lowest BCUT2D eigenvalue weighted by atomic mass is 9.79. The second kappa shape index (κ2) is 6.93. The van der Waals surface area contributed by atoms with Crippen LogP contribution in [0.25, 0.3) is 0 Å². The Labute approximate surface area is 141 Å². The molecule has 1 atom stereocenters. The van der Waals surface area contributed by atoms with E-state index in [0.717, 1.165) is 35.4 Å². The Hall–Kier alpha value is -2.53. The number of benzene rings is 2. The molecule has 0 aliphatic heterocycles. The first-order valence-electron chi connectivity index (χ1n) is 8.10. The third-order valence-electron chi connectivity index (χ3n) is 4.42. The van der Waals surface area contributed by atoms with Gasteiger partial charge in [0, 0.05) is 5.69 Å². The van der Waals surface area contributed by atoms with E-state index in [1.54, 1.807) is 7.11 Å². The molecule has 0 radical (unpaired) electrons. The van der Waals surface area contributed by atoms with Gasteiger partial charge in [-0.25, -0.2) is 4.79 Å². The second-order valence-electron chi connectivity index (χ2n) is 6.08. The van der Waals surface area contributed by atoms with Gasteiger partial charge in [-0.1, -0.05) is 24.3 Å². The van der Waals surface area contributed by atoms with E-state index < -0.39 is 5.60 Å². The highest BCUT2D eigenvalue weighted by atomic mass is 16.5. The zero-order valence-electron chi connectivity index (χ0n) is 13.7. The van der Waals surface area contributed by atoms with Crippen LogP contribution in [0.5, 0.6) is 5.75 Å². The van der Waals surface area contributed by atoms with Crippen LogP contribution in [0.1, 0.15) is 24.0 Å². The van der Waals surface area contributed by atoms with Gasteiger partial charge in [0.1, 0.15) is 11.4 Å². The number of rotatable bonds is 4. The third kappa shape index (κ3) is 3.51. The average Bonchev–Trinajstić information content (AvgIpc) is 2.61. The summed E-state index contributed by atoms with van der Waals surface area (Å²) in [6.45, 7) is 0.172. The molecule has 5 heteroatoms. The van der Waals surface area contributed by atoms with Crippen molar-refractivity contribution in [3.05, 3.63) is 59.7 Å². The van der Waals surface area contributed by atoms with Gasteiger partial charge in [-0.15, -0.1) is 0 Å². The van der Waals surface area contributed by atoms with Crippen molar-refractivity contribution in [2.24, 2.45) is 0 Å². The summed E-state index contributed by atoms with van der Waals surface area (Å²) < 4.78 is 5.25. The van der Waals surface area contributed by atoms with Crippen LogP contribution < -0.4 is 15.4 Å². The van der Waals surface area contributed by atoms with Crippen molar-refractivity contribution in [3.8, 4) is 5.75 Å². The van der Waals surface area contributed by atoms with Gasteiger partial charge in [0.2, 0.25) is 0 Å². The molecule has 0 heterocycles. The first-order chi connectivity index (χ1) is 11.6. The van der Waals surface area contributed by atoms with Crippen LogP contribution in [-0.4, -0.2) is 24.8 Å². The molecule has 0 saturated carbocycles. The fourth-order valence-electron chi connectivity index (χ4n) is 3.17. The fraction of sp³-hybridized carbons (Fsp3) is 0.316. The van der Waals surface area contributed by atoms with Crippen molar-refractivity contribution in [1.82, 2.24) is 5.32 Å². The van der Waals surface area contributed by atoms with Crippen LogP contribution in [0.2, 0.25) is 0 Å². The number of hydrogen-bond donors (Lipinski definition) is 3. The number of methoxy groups -OCH3 is 1. The summed E-state index contributed by atoms with van der Waals surface area (Å²) in [5, 5.41) is 16.6. The number of ether oxygens (including phenoxy) is 1. The smallest absolute Gasteiger partial charge is 0.319 e. The van der Waals surface area contributed by atoms with E-state index in [0.29, 0.717) is 6.42 Å². The van der Waals surface area contributed by atoms with Crippen LogP contribution in [0.3, 0.4) is 0 Å². The number of carbonyl (C=O) groups is 1. The number of urea groups is 1. The summed E-state index contributed by atoms with van der Waals surface area (Å²) in [4.78, 5) is 12.1. The molecule has 0 saturated heterocycles. The molecule has 3 N–H and O–H groups in total. The number of aryl methyl sites for hydroxylation is 1. The lowest BCUT2D eigenvalue weighted by Crippen LogP contribution is -2.44. The minimum atomic E-state index is -1.05. The highest BCUT2D eigenvalue weighted by Crippen LogP contribution is 2.36. The van der Waals surface area contributed by atoms with Gasteiger partial charge in [-0.2, -0.15) is 0 Å². The van der Waals surface area contributed by atoms with Gasteiger partial charge in [-0.05, 0) is 54.7 Å². The van der Waals surface area contributed by atoms with E-state index in [4.69, 9.17) is 4.74 Å². The van der Waals surface area contributed by atoms with Gasteiger partial charge < -0.3 is 20.5 Å². The Morgan fingerprint density at radius 2 is 2.04 bits per heavy atom. The molecular weight excluding hydrogens is 304 g/mol. The summed E-state index contributed by atoms with van der Waals surface area (Å²) in [5.74, 6) is 0.785. The molecule has 2 aromatic carbocycles. The van der Waals surface area contributed by atoms with E-state index in [9.17, 15) is 9.90 Å². The first kappa shape index (κ1) is 16.3. The van der Waals surface area contributed by atoms with Crippen molar-refractivity contribution in [1.29, 1.82) is 0 Å². The largest absolute Gasteiger partial charge is 0.497 e. The minimum absolute atomic E-state index is 0.172. The normalized spacial score (nSPS) is 19.2. The number of anilines is 1. The van der Waals surface area contributed by atoms with Gasteiger partial charge in [0.25, 0.3) is 0 Å². The number of para-hydroxylation sites is 1. The van der Waals surface area contributed by atoms with Crippen LogP contribution in [0, 0.1) is 0 Å². The fourth-order valence-corrected chi connectivity index (χ4v) is 3.17. The summed E-state index contributed by atoms with van der Waals surface area (Å²) in [6, 6.07) is 14.6. The molecule has 126 valence electrons. The maximum Gasteiger partial charge on any atom is 0.319 e. The summed E-state index contributed by atoms with van der Waals surface area (Å²) in [7, 11) is 1.63. The molecule has 0 spiro atoms. The zero-order chi connectivity index (χ0) is 17.0. The topological polar surface area (TPSA) is 70.6 Å². The molecule has 24 heavy (non-hydrogen) atoms. The number of fused-ring (bicyclic) bond motifs is 1. The van der Waals surface area contributed by atoms with E-state index in [-0.39, 0.29) is 12.6 Å². The van der Waals surface area contributed by atoms with E-state index in [2.05, 4.69) is 10.6 Å². The first-order valence-corrected chi connectivity index (χ1v) is 8.10. The quantitative estimate of drug-likeness (QED) is 0.809. The van der Waals surface area contributed by atoms with E-state index in [1.165, 1.54) is 0 Å². The third-order valence-corrected chi connectivity index (χ3v) is 4.42. The van der Waals surface area contributed by atoms with Gasteiger partial charge in [-0.3, -0.25) is 0 Å². The monoisotopic (exact) mass is 326 g/mol. The Kier molecular flexibility index (Phi) is 4.71. The molecule has 0 aromatic heterocycles. The number of amides is 2. The standard InChI is InChI=1S/C19H22N2O3/c1-24-16-9-10-17-14(12-16)6-5-11-19(17,23)13-20-18(22)21-15-7-3-2-4-8-15/h2-4,7-10,12,23H,5-6,11,13H2,1H3,(H2,20,21,22). The summed E-state index contributed by atoms with van der Waals surface area (Å²) in [5.41, 5.74) is 1.62. The highest BCUT2D eigenvalue weighted by Gasteiger charge is 2.34. The predicted molar refractivity (Wildman–Crippen MR) is 93.3 cm³/mol. The highest BCUT2D eigenvalue weighted by molar-refractivity contribution is 5.89. The minimum Gasteiger partial charge on any atom is -0.497 e. The van der Waals surface area contributed by atoms with Crippen LogP contribution in [0.4, 0.5) is 10.5 Å². The molecule has 1 unspecified atom stereocenters. The molecular formula is C19H22N2O3. The van der Waals surface area contributed by atoms with Crippen LogP contribution >= 0.6 is 0 Å². The maximum atomic E-state index is 12.1. The molecule has 2 aromatic rings. The molecule has 1 aliphatic carbocycles. The number of hydrogen-bond acceptors (Lipinski definition) is 3. The van der Waals surface area contributed by atoms with E-state index in [1.807, 2.05) is 48.5 Å². The lowest BCUT2D eigenvalue weighted by Gasteiger charge is -2.34. The van der Waals surface area contributed by atoms with Crippen LogP contribution in [0.15, 0.2) is 48.5 Å². The lowest BCUT2D eigenvalue weighted by molar-refractivity contribution is 0.0220. The average molecular weight is 326 g/mol. The Balaban J connectivity index is 1.68. The Morgan fingerprint density at radius 1 is 1.25 bits per heavy atom. The zero-order valence-corrected chi connectivity index (χ0v) is 13.7. The molecule has 5 nitrogen and oxygen atoms in total. The van der Waals surface area contributed by atoms with E-state index >= 15 is 0 Å². The predicted octanol–water partition coefficient (Wildman–Crippen LogP) is 3.04. The van der Waals surface area contributed by atoms with Crippen molar-refractivity contribution in [2.45, 2.75) is 24.9 Å². The summed E-state index contributed by atoms with van der Waals surface area (Å²) >= 11 is 0. The van der Waals surface area contributed by atoms with Crippen LogP contribution in [-0.2, 0) is 12.0 Å². The Morgan fingerprint density at radius 3 is 2.79 bits per heavy atom. The number of carbonyl (C=O) groups excluding carboxylic acids is 1. The SMILES string of the molecule is COc1ccc2c(c1)CCCC2(O)CNC(=O)Nc1ccccc1. The molecule has 0 fully saturated rings. The van der Waals surface area contributed by atoms with Crippen molar-refractivity contribution < 1.29 is 14.6 Å². The second-order valence-corrected chi connectivity index (χ2v) is 6.08. The Bertz CT molecular complexity index is 718. The summed E-state index contributed by atoms with van der Waals surface area (Å²) in [6.07, 6.45) is 2.40. The molecule has 1 aliphatic rings. The van der Waals surface area contributed by atoms with Gasteiger partial charge in [0.05, 0.1) is 13.7 Å². The molecule has 2 amide bonds. The molecule has 3 rings (SSSR count). The van der Waals surface area contributed by atoms with Gasteiger partial charge >= 0.3 is 6.03 Å². The number of nitrogens with one attached hydrogen (secondary N) is 2. The van der Waals surface area contributed by atoms with Gasteiger partial charge in [0.15, 0.2) is 0 Å².